The highest BCUT2D eigenvalue weighted by molar-refractivity contribution is 7.99. The van der Waals surface area contributed by atoms with Crippen molar-refractivity contribution in [1.82, 2.24) is 4.90 Å². The average molecular weight is 231 g/mol. The molecule has 1 heterocycles. The highest BCUT2D eigenvalue weighted by atomic mass is 32.2. The van der Waals surface area contributed by atoms with Gasteiger partial charge < -0.3 is 10.0 Å². The maximum absolute atomic E-state index is 11.4. The van der Waals surface area contributed by atoms with E-state index in [-0.39, 0.29) is 5.41 Å². The molecule has 1 aliphatic heterocycles. The van der Waals surface area contributed by atoms with E-state index in [1.54, 1.807) is 18.8 Å². The minimum atomic E-state index is -1.03. The van der Waals surface area contributed by atoms with E-state index in [2.05, 4.69) is 0 Å². The van der Waals surface area contributed by atoms with Gasteiger partial charge in [0.2, 0.25) is 6.41 Å². The molecule has 0 spiro atoms. The number of carboxylic acids is 1. The van der Waals surface area contributed by atoms with Crippen LogP contribution in [0, 0.1) is 5.41 Å². The van der Waals surface area contributed by atoms with Gasteiger partial charge in [0, 0.05) is 12.8 Å². The fourth-order valence-corrected chi connectivity index (χ4v) is 3.53. The fraction of sp³-hybridized carbons (Fsp3) is 0.800. The van der Waals surface area contributed by atoms with Crippen molar-refractivity contribution in [1.29, 1.82) is 0 Å². The van der Waals surface area contributed by atoms with Gasteiger partial charge in [0.15, 0.2) is 0 Å². The SMILES string of the molecule is CN(C=O)C1(C(=O)O)CSCC(C)(C)C1. The Bertz CT molecular complexity index is 280. The van der Waals surface area contributed by atoms with E-state index < -0.39 is 11.5 Å². The summed E-state index contributed by atoms with van der Waals surface area (Å²) in [4.78, 5) is 23.4. The molecule has 1 rings (SSSR count). The Labute approximate surface area is 94.0 Å². The van der Waals surface area contributed by atoms with Crippen molar-refractivity contribution in [3.05, 3.63) is 0 Å². The maximum atomic E-state index is 11.4. The first kappa shape index (κ1) is 12.4. The highest BCUT2D eigenvalue weighted by Gasteiger charge is 2.49. The van der Waals surface area contributed by atoms with Gasteiger partial charge in [-0.25, -0.2) is 4.79 Å². The lowest BCUT2D eigenvalue weighted by Crippen LogP contribution is -2.59. The predicted molar refractivity (Wildman–Crippen MR) is 59.9 cm³/mol. The van der Waals surface area contributed by atoms with Crippen LogP contribution in [-0.2, 0) is 9.59 Å². The zero-order valence-electron chi connectivity index (χ0n) is 9.32. The summed E-state index contributed by atoms with van der Waals surface area (Å²) in [5.41, 5.74) is -1.08. The number of amides is 1. The van der Waals surface area contributed by atoms with Crippen molar-refractivity contribution in [2.24, 2.45) is 5.41 Å². The Balaban J connectivity index is 3.01. The summed E-state index contributed by atoms with van der Waals surface area (Å²) in [6, 6.07) is 0. The predicted octanol–water partition coefficient (Wildman–Crippen LogP) is 1.06. The van der Waals surface area contributed by atoms with Crippen LogP contribution in [0.1, 0.15) is 20.3 Å². The van der Waals surface area contributed by atoms with Gasteiger partial charge in [-0.05, 0) is 17.6 Å². The van der Waals surface area contributed by atoms with Crippen LogP contribution in [0.4, 0.5) is 0 Å². The number of carboxylic acid groups (broad SMARTS) is 1. The summed E-state index contributed by atoms with van der Waals surface area (Å²) in [5.74, 6) is 0.507. The van der Waals surface area contributed by atoms with E-state index in [1.807, 2.05) is 13.8 Å². The zero-order chi connectivity index (χ0) is 11.7. The van der Waals surface area contributed by atoms with Crippen molar-refractivity contribution in [2.75, 3.05) is 18.6 Å². The van der Waals surface area contributed by atoms with Gasteiger partial charge in [-0.3, -0.25) is 4.79 Å². The molecule has 0 aromatic carbocycles. The lowest BCUT2D eigenvalue weighted by Gasteiger charge is -2.45. The smallest absolute Gasteiger partial charge is 0.330 e. The molecule has 1 fully saturated rings. The molecule has 1 unspecified atom stereocenters. The largest absolute Gasteiger partial charge is 0.479 e. The van der Waals surface area contributed by atoms with Crippen LogP contribution < -0.4 is 0 Å². The van der Waals surface area contributed by atoms with Gasteiger partial charge in [0.1, 0.15) is 5.54 Å². The number of aliphatic carboxylic acids is 1. The molecule has 15 heavy (non-hydrogen) atoms. The molecular weight excluding hydrogens is 214 g/mol. The zero-order valence-corrected chi connectivity index (χ0v) is 10.1. The van der Waals surface area contributed by atoms with Crippen LogP contribution in [0.15, 0.2) is 0 Å². The van der Waals surface area contributed by atoms with Gasteiger partial charge in [0.25, 0.3) is 0 Å². The quantitative estimate of drug-likeness (QED) is 0.738. The highest BCUT2D eigenvalue weighted by Crippen LogP contribution is 2.41. The van der Waals surface area contributed by atoms with Crippen molar-refractivity contribution in [3.8, 4) is 0 Å². The van der Waals surface area contributed by atoms with E-state index in [0.717, 1.165) is 5.75 Å². The number of hydrogen-bond donors (Lipinski definition) is 1. The van der Waals surface area contributed by atoms with Crippen LogP contribution in [0.3, 0.4) is 0 Å². The molecular formula is C10H17NO3S. The van der Waals surface area contributed by atoms with Crippen LogP contribution in [0.2, 0.25) is 0 Å². The lowest BCUT2D eigenvalue weighted by atomic mass is 9.79. The Morgan fingerprint density at radius 1 is 1.47 bits per heavy atom. The Hall–Kier alpha value is -0.710. The van der Waals surface area contributed by atoms with Gasteiger partial charge in [-0.1, -0.05) is 13.8 Å². The molecule has 4 nitrogen and oxygen atoms in total. The van der Waals surface area contributed by atoms with Gasteiger partial charge >= 0.3 is 5.97 Å². The second-order valence-electron chi connectivity index (χ2n) is 4.89. The third kappa shape index (κ3) is 2.27. The summed E-state index contributed by atoms with van der Waals surface area (Å²) < 4.78 is 0. The van der Waals surface area contributed by atoms with E-state index >= 15 is 0 Å². The van der Waals surface area contributed by atoms with Crippen LogP contribution in [0.5, 0.6) is 0 Å². The fourth-order valence-electron chi connectivity index (χ4n) is 2.01. The molecule has 5 heteroatoms. The summed E-state index contributed by atoms with van der Waals surface area (Å²) in [7, 11) is 1.54. The molecule has 86 valence electrons. The van der Waals surface area contributed by atoms with E-state index in [1.165, 1.54) is 4.90 Å². The maximum Gasteiger partial charge on any atom is 0.330 e. The molecule has 0 aliphatic carbocycles. The van der Waals surface area contributed by atoms with Crippen molar-refractivity contribution < 1.29 is 14.7 Å². The number of likely N-dealkylation sites (N-methyl/N-ethyl adjacent to an activating group) is 1. The number of thioether (sulfide) groups is 1. The summed E-state index contributed by atoms with van der Waals surface area (Å²) in [6.45, 7) is 4.07. The summed E-state index contributed by atoms with van der Waals surface area (Å²) in [5, 5.41) is 9.31. The molecule has 0 aromatic rings. The van der Waals surface area contributed by atoms with Crippen LogP contribution >= 0.6 is 11.8 Å². The second kappa shape index (κ2) is 4.04. The standard InChI is InChI=1S/C10H17NO3S/c1-9(2)4-10(8(13)14,6-15-5-9)11(3)7-12/h7H,4-6H2,1-3H3,(H,13,14). The third-order valence-electron chi connectivity index (χ3n) is 2.84. The minimum Gasteiger partial charge on any atom is -0.479 e. The summed E-state index contributed by atoms with van der Waals surface area (Å²) in [6.07, 6.45) is 1.12. The summed E-state index contributed by atoms with van der Waals surface area (Å²) >= 11 is 1.60. The lowest BCUT2D eigenvalue weighted by molar-refractivity contribution is -0.154. The molecule has 0 radical (unpaired) electrons. The topological polar surface area (TPSA) is 57.6 Å². The van der Waals surface area contributed by atoms with E-state index in [0.29, 0.717) is 18.6 Å². The molecule has 1 amide bonds. The first-order chi connectivity index (χ1) is 6.84. The van der Waals surface area contributed by atoms with Crippen molar-refractivity contribution in [2.45, 2.75) is 25.8 Å². The van der Waals surface area contributed by atoms with Gasteiger partial charge in [0.05, 0.1) is 0 Å². The number of rotatable bonds is 3. The van der Waals surface area contributed by atoms with E-state index in [4.69, 9.17) is 0 Å². The minimum absolute atomic E-state index is 0.0431. The van der Waals surface area contributed by atoms with E-state index in [9.17, 15) is 14.7 Å². The molecule has 0 saturated carbocycles. The number of nitrogens with zero attached hydrogens (tertiary/aromatic N) is 1. The molecule has 0 aromatic heterocycles. The Morgan fingerprint density at radius 2 is 2.07 bits per heavy atom. The molecule has 1 N–H and O–H groups in total. The van der Waals surface area contributed by atoms with Crippen LogP contribution in [0.25, 0.3) is 0 Å². The number of hydrogen-bond acceptors (Lipinski definition) is 3. The van der Waals surface area contributed by atoms with Gasteiger partial charge in [-0.15, -0.1) is 0 Å². The molecule has 1 atom stereocenters. The first-order valence-corrected chi connectivity index (χ1v) is 5.99. The normalized spacial score (nSPS) is 29.5. The average Bonchev–Trinajstić information content (AvgIpc) is 2.14. The molecule has 1 aliphatic rings. The molecule has 1 saturated heterocycles. The monoisotopic (exact) mass is 231 g/mol. The van der Waals surface area contributed by atoms with Gasteiger partial charge in [-0.2, -0.15) is 11.8 Å². The molecule has 0 bridgehead atoms. The van der Waals surface area contributed by atoms with Crippen molar-refractivity contribution in [3.63, 3.8) is 0 Å². The first-order valence-electron chi connectivity index (χ1n) is 4.83. The van der Waals surface area contributed by atoms with Crippen LogP contribution in [-0.4, -0.2) is 46.5 Å². The second-order valence-corrected chi connectivity index (χ2v) is 5.87. The Morgan fingerprint density at radius 3 is 2.47 bits per heavy atom. The number of carbonyl (C=O) groups is 2. The number of carbonyl (C=O) groups excluding carboxylic acids is 1. The Kier molecular flexibility index (Phi) is 3.33. The third-order valence-corrected chi connectivity index (χ3v) is 4.50. The van der Waals surface area contributed by atoms with Crippen molar-refractivity contribution >= 4 is 24.1 Å².